The van der Waals surface area contributed by atoms with E-state index < -0.39 is 0 Å². The van der Waals surface area contributed by atoms with Gasteiger partial charge in [-0.15, -0.1) is 0 Å². The van der Waals surface area contributed by atoms with Crippen molar-refractivity contribution in [2.24, 2.45) is 5.92 Å². The normalized spacial score (nSPS) is 30.1. The van der Waals surface area contributed by atoms with Gasteiger partial charge in [0, 0.05) is 44.4 Å². The smallest absolute Gasteiger partial charge is 0.0494 e. The van der Waals surface area contributed by atoms with Crippen molar-refractivity contribution >= 4 is 0 Å². The van der Waals surface area contributed by atoms with Gasteiger partial charge in [0.25, 0.3) is 0 Å². The number of piperazine rings is 1. The van der Waals surface area contributed by atoms with Crippen LogP contribution in [0.15, 0.2) is 0 Å². The lowest BCUT2D eigenvalue weighted by molar-refractivity contribution is 0.0603. The van der Waals surface area contributed by atoms with Crippen LogP contribution in [0.4, 0.5) is 0 Å². The summed E-state index contributed by atoms with van der Waals surface area (Å²) in [7, 11) is 0. The van der Waals surface area contributed by atoms with Crippen molar-refractivity contribution < 1.29 is 4.74 Å². The zero-order valence-electron chi connectivity index (χ0n) is 13.2. The van der Waals surface area contributed by atoms with E-state index in [1.807, 2.05) is 0 Å². The molecule has 1 N–H and O–H groups in total. The van der Waals surface area contributed by atoms with E-state index in [2.05, 4.69) is 17.1 Å². The Labute approximate surface area is 124 Å². The third kappa shape index (κ3) is 3.75. The van der Waals surface area contributed by atoms with Crippen LogP contribution in [0, 0.1) is 5.92 Å². The van der Waals surface area contributed by atoms with Crippen LogP contribution in [0.25, 0.3) is 0 Å². The molecule has 0 aromatic heterocycles. The molecule has 0 aromatic rings. The summed E-state index contributed by atoms with van der Waals surface area (Å²) >= 11 is 0. The molecule has 3 heteroatoms. The van der Waals surface area contributed by atoms with E-state index in [0.717, 1.165) is 25.2 Å². The summed E-state index contributed by atoms with van der Waals surface area (Å²) in [6.07, 6.45) is 10.9. The van der Waals surface area contributed by atoms with Crippen molar-refractivity contribution in [1.29, 1.82) is 0 Å². The van der Waals surface area contributed by atoms with E-state index in [1.54, 1.807) is 0 Å². The molecule has 3 aliphatic rings. The van der Waals surface area contributed by atoms with Gasteiger partial charge >= 0.3 is 0 Å². The van der Waals surface area contributed by atoms with Gasteiger partial charge in [0.05, 0.1) is 0 Å². The van der Waals surface area contributed by atoms with Crippen LogP contribution in [-0.2, 0) is 4.74 Å². The molecule has 1 atom stereocenters. The molecular formula is C17H32N2O. The van der Waals surface area contributed by atoms with Crippen LogP contribution in [0.1, 0.15) is 58.3 Å². The Hall–Kier alpha value is -0.120. The van der Waals surface area contributed by atoms with Gasteiger partial charge in [0.1, 0.15) is 0 Å². The van der Waals surface area contributed by atoms with E-state index in [9.17, 15) is 0 Å². The molecule has 3 fully saturated rings. The third-order valence-electron chi connectivity index (χ3n) is 5.55. The average Bonchev–Trinajstić information content (AvgIpc) is 3.19. The van der Waals surface area contributed by atoms with E-state index in [4.69, 9.17) is 4.74 Å². The highest BCUT2D eigenvalue weighted by Crippen LogP contribution is 2.33. The minimum Gasteiger partial charge on any atom is -0.381 e. The molecule has 2 saturated carbocycles. The average molecular weight is 280 g/mol. The quantitative estimate of drug-likeness (QED) is 0.726. The lowest BCUT2D eigenvalue weighted by Gasteiger charge is -2.46. The van der Waals surface area contributed by atoms with Crippen molar-refractivity contribution in [3.63, 3.8) is 0 Å². The van der Waals surface area contributed by atoms with Crippen LogP contribution in [-0.4, -0.2) is 49.3 Å². The lowest BCUT2D eigenvalue weighted by Crippen LogP contribution is -2.63. The highest BCUT2D eigenvalue weighted by atomic mass is 16.5. The van der Waals surface area contributed by atoms with Crippen LogP contribution < -0.4 is 5.32 Å². The second-order valence-corrected chi connectivity index (χ2v) is 7.27. The predicted molar refractivity (Wildman–Crippen MR) is 83.0 cm³/mol. The van der Waals surface area contributed by atoms with Crippen molar-refractivity contribution in [2.75, 3.05) is 32.8 Å². The molecule has 0 radical (unpaired) electrons. The van der Waals surface area contributed by atoms with Gasteiger partial charge in [0.15, 0.2) is 0 Å². The number of nitrogens with one attached hydrogen (secondary N) is 1. The summed E-state index contributed by atoms with van der Waals surface area (Å²) in [6, 6.07) is 0.740. The maximum atomic E-state index is 5.79. The SMILES string of the molecule is CCC1CNC2(CCCC2)CN1CCCOCC1CC1. The van der Waals surface area contributed by atoms with Gasteiger partial charge in [0.2, 0.25) is 0 Å². The first-order valence-electron chi connectivity index (χ1n) is 8.88. The number of ether oxygens (including phenoxy) is 1. The molecule has 20 heavy (non-hydrogen) atoms. The maximum absolute atomic E-state index is 5.79. The van der Waals surface area contributed by atoms with Crippen molar-refractivity contribution in [2.45, 2.75) is 69.9 Å². The fourth-order valence-corrected chi connectivity index (χ4v) is 3.99. The minimum absolute atomic E-state index is 0.459. The Kier molecular flexibility index (Phi) is 5.00. The topological polar surface area (TPSA) is 24.5 Å². The number of rotatable bonds is 7. The maximum Gasteiger partial charge on any atom is 0.0494 e. The van der Waals surface area contributed by atoms with Gasteiger partial charge in [-0.25, -0.2) is 0 Å². The van der Waals surface area contributed by atoms with Gasteiger partial charge in [-0.1, -0.05) is 19.8 Å². The molecular weight excluding hydrogens is 248 g/mol. The van der Waals surface area contributed by atoms with Crippen LogP contribution in [0.2, 0.25) is 0 Å². The molecule has 116 valence electrons. The second kappa shape index (κ2) is 6.76. The van der Waals surface area contributed by atoms with Crippen molar-refractivity contribution in [3.05, 3.63) is 0 Å². The highest BCUT2D eigenvalue weighted by Gasteiger charge is 2.40. The second-order valence-electron chi connectivity index (χ2n) is 7.27. The summed E-state index contributed by atoms with van der Waals surface area (Å²) in [5, 5.41) is 3.88. The molecule has 1 unspecified atom stereocenters. The Morgan fingerprint density at radius 3 is 2.75 bits per heavy atom. The first kappa shape index (κ1) is 14.8. The van der Waals surface area contributed by atoms with Crippen LogP contribution in [0.3, 0.4) is 0 Å². The minimum atomic E-state index is 0.459. The third-order valence-corrected chi connectivity index (χ3v) is 5.55. The first-order valence-corrected chi connectivity index (χ1v) is 8.88. The first-order chi connectivity index (χ1) is 9.81. The standard InChI is InChI=1S/C17H32N2O/c1-2-16-12-18-17(8-3-4-9-17)14-19(16)10-5-11-20-13-15-6-7-15/h15-16,18H,2-14H2,1H3. The van der Waals surface area contributed by atoms with Gasteiger partial charge < -0.3 is 10.1 Å². The molecule has 1 saturated heterocycles. The molecule has 1 aliphatic heterocycles. The van der Waals surface area contributed by atoms with E-state index in [0.29, 0.717) is 5.54 Å². The number of hydrogen-bond donors (Lipinski definition) is 1. The highest BCUT2D eigenvalue weighted by molar-refractivity contribution is 5.00. The predicted octanol–water partition coefficient (Wildman–Crippen LogP) is 2.80. The zero-order valence-corrected chi connectivity index (χ0v) is 13.2. The fraction of sp³-hybridized carbons (Fsp3) is 1.00. The Balaban J connectivity index is 1.41. The van der Waals surface area contributed by atoms with Crippen LogP contribution in [0.5, 0.6) is 0 Å². The number of nitrogens with zero attached hydrogens (tertiary/aromatic N) is 1. The molecule has 0 aromatic carbocycles. The van der Waals surface area contributed by atoms with Gasteiger partial charge in [-0.3, -0.25) is 4.90 Å². The number of hydrogen-bond acceptors (Lipinski definition) is 3. The van der Waals surface area contributed by atoms with E-state index in [1.165, 1.54) is 71.0 Å². The Morgan fingerprint density at radius 2 is 2.05 bits per heavy atom. The Morgan fingerprint density at radius 1 is 1.25 bits per heavy atom. The lowest BCUT2D eigenvalue weighted by atomic mass is 9.91. The summed E-state index contributed by atoms with van der Waals surface area (Å²) in [4.78, 5) is 2.75. The summed E-state index contributed by atoms with van der Waals surface area (Å²) in [6.45, 7) is 8.00. The fourth-order valence-electron chi connectivity index (χ4n) is 3.99. The molecule has 1 heterocycles. The molecule has 0 amide bonds. The summed E-state index contributed by atoms with van der Waals surface area (Å²) in [5.41, 5.74) is 0.459. The molecule has 0 bridgehead atoms. The summed E-state index contributed by atoms with van der Waals surface area (Å²) in [5.74, 6) is 0.902. The van der Waals surface area contributed by atoms with Crippen molar-refractivity contribution in [3.8, 4) is 0 Å². The molecule has 2 aliphatic carbocycles. The van der Waals surface area contributed by atoms with Gasteiger partial charge in [-0.2, -0.15) is 0 Å². The largest absolute Gasteiger partial charge is 0.381 e. The molecule has 3 nitrogen and oxygen atoms in total. The van der Waals surface area contributed by atoms with Crippen molar-refractivity contribution in [1.82, 2.24) is 10.2 Å². The van der Waals surface area contributed by atoms with Gasteiger partial charge in [-0.05, 0) is 44.4 Å². The zero-order chi connectivity index (χ0) is 13.8. The van der Waals surface area contributed by atoms with Crippen LogP contribution >= 0.6 is 0 Å². The molecule has 3 rings (SSSR count). The van der Waals surface area contributed by atoms with E-state index >= 15 is 0 Å². The molecule has 1 spiro atoms. The monoisotopic (exact) mass is 280 g/mol. The Bertz CT molecular complexity index is 297. The summed E-state index contributed by atoms with van der Waals surface area (Å²) < 4.78 is 5.79. The van der Waals surface area contributed by atoms with E-state index in [-0.39, 0.29) is 0 Å².